The predicted molar refractivity (Wildman–Crippen MR) is 60.5 cm³/mol. The fourth-order valence-corrected chi connectivity index (χ4v) is 1.04. The summed E-state index contributed by atoms with van der Waals surface area (Å²) in [7, 11) is 0. The Morgan fingerprint density at radius 1 is 1.24 bits per heavy atom. The zero-order valence-corrected chi connectivity index (χ0v) is 9.54. The summed E-state index contributed by atoms with van der Waals surface area (Å²) in [5.74, 6) is -2.25. The molecule has 6 nitrogen and oxygen atoms in total. The lowest BCUT2D eigenvalue weighted by molar-refractivity contribution is -0.0195. The first-order valence-corrected chi connectivity index (χ1v) is 4.96. The highest BCUT2D eigenvalue weighted by atomic mass is 16.5. The van der Waals surface area contributed by atoms with Gasteiger partial charge in [-0.2, -0.15) is 0 Å². The Bertz CT molecular complexity index is 414. The van der Waals surface area contributed by atoms with Crippen molar-refractivity contribution in [2.45, 2.75) is 20.1 Å². The number of nitrogens with two attached hydrogens (primary N) is 1. The number of carbonyl (C=O) groups is 2. The second kappa shape index (κ2) is 6.62. The number of hydrogen-bond donors (Lipinski definition) is 4. The molecule has 1 aromatic carbocycles. The number of Topliss-reactive ketones (excluding diaryl/α,β-unsaturated/α-hetero) is 1. The molecule has 1 rings (SSSR count). The third-order valence-corrected chi connectivity index (χ3v) is 1.78. The van der Waals surface area contributed by atoms with E-state index in [4.69, 9.17) is 15.9 Å². The maximum atomic E-state index is 11.1. The van der Waals surface area contributed by atoms with Gasteiger partial charge in [-0.3, -0.25) is 9.59 Å². The van der Waals surface area contributed by atoms with Crippen LogP contribution in [-0.4, -0.2) is 33.3 Å². The molecule has 6 heteroatoms. The Morgan fingerprint density at radius 3 is 2.18 bits per heavy atom. The quantitative estimate of drug-likeness (QED) is 0.439. The number of aromatic hydroxyl groups is 1. The summed E-state index contributed by atoms with van der Waals surface area (Å²) in [5.41, 5.74) is 4.56. The first kappa shape index (κ1) is 15.1. The van der Waals surface area contributed by atoms with E-state index in [-0.39, 0.29) is 16.9 Å². The molecule has 1 amide bonds. The second-order valence-corrected chi connectivity index (χ2v) is 2.83. The molecule has 0 aromatic heterocycles. The first-order valence-electron chi connectivity index (χ1n) is 4.96. The van der Waals surface area contributed by atoms with E-state index >= 15 is 0 Å². The summed E-state index contributed by atoms with van der Waals surface area (Å²) >= 11 is 0. The van der Waals surface area contributed by atoms with E-state index in [2.05, 4.69) is 0 Å². The number of hydrogen-bond acceptors (Lipinski definition) is 5. The molecule has 0 unspecified atom stereocenters. The van der Waals surface area contributed by atoms with E-state index in [9.17, 15) is 14.7 Å². The topological polar surface area (TPSA) is 121 Å². The minimum atomic E-state index is -2.16. The molecule has 0 bridgehead atoms. The molecule has 0 spiro atoms. The van der Waals surface area contributed by atoms with Gasteiger partial charge >= 0.3 is 0 Å². The number of phenols is 1. The van der Waals surface area contributed by atoms with Gasteiger partial charge in [-0.1, -0.05) is 13.8 Å². The molecule has 0 fully saturated rings. The average molecular weight is 241 g/mol. The molecule has 94 valence electrons. The summed E-state index contributed by atoms with van der Waals surface area (Å²) in [6.07, 6.45) is -2.16. The van der Waals surface area contributed by atoms with Crippen molar-refractivity contribution in [1.29, 1.82) is 0 Å². The van der Waals surface area contributed by atoms with Gasteiger partial charge in [0.05, 0.1) is 5.56 Å². The van der Waals surface area contributed by atoms with Crippen molar-refractivity contribution < 1.29 is 24.9 Å². The standard InChI is InChI=1S/C9H9NO5.C2H6/c10-8(13)5-3-4(1-2-6(5)11)7(12)9(14)15;1-2/h1-3,9,11,14-15H,(H2,10,13);1-2H3. The molecule has 0 heterocycles. The van der Waals surface area contributed by atoms with Crippen molar-refractivity contribution in [3.8, 4) is 5.75 Å². The molecule has 0 aliphatic rings. The molecule has 1 aromatic rings. The monoisotopic (exact) mass is 241 g/mol. The smallest absolute Gasteiger partial charge is 0.252 e. The third kappa shape index (κ3) is 3.86. The molecule has 0 saturated heterocycles. The zero-order valence-electron chi connectivity index (χ0n) is 9.54. The van der Waals surface area contributed by atoms with E-state index in [1.165, 1.54) is 0 Å². The Labute approximate surface area is 98.3 Å². The maximum absolute atomic E-state index is 11.1. The van der Waals surface area contributed by atoms with Gasteiger partial charge in [0.15, 0.2) is 0 Å². The minimum Gasteiger partial charge on any atom is -0.507 e. The molecule has 0 saturated carbocycles. The number of aliphatic hydroxyl groups excluding tert-OH is 1. The van der Waals surface area contributed by atoms with Crippen LogP contribution in [0.4, 0.5) is 0 Å². The van der Waals surface area contributed by atoms with Crippen LogP contribution in [0, 0.1) is 0 Å². The highest BCUT2D eigenvalue weighted by Crippen LogP contribution is 2.18. The number of ketones is 1. The molecule has 5 N–H and O–H groups in total. The van der Waals surface area contributed by atoms with Crippen molar-refractivity contribution in [2.24, 2.45) is 5.73 Å². The van der Waals surface area contributed by atoms with Gasteiger partial charge in [-0.05, 0) is 18.2 Å². The van der Waals surface area contributed by atoms with Crippen LogP contribution in [0.1, 0.15) is 34.6 Å². The summed E-state index contributed by atoms with van der Waals surface area (Å²) in [5, 5.41) is 26.4. The van der Waals surface area contributed by atoms with Crippen LogP contribution in [0.5, 0.6) is 5.75 Å². The van der Waals surface area contributed by atoms with Crippen LogP contribution >= 0.6 is 0 Å². The van der Waals surface area contributed by atoms with Gasteiger partial charge in [0.2, 0.25) is 12.1 Å². The molecule has 0 aliphatic heterocycles. The van der Waals surface area contributed by atoms with Gasteiger partial charge in [0, 0.05) is 5.56 Å². The van der Waals surface area contributed by atoms with Crippen LogP contribution in [0.15, 0.2) is 18.2 Å². The van der Waals surface area contributed by atoms with E-state index in [1.807, 2.05) is 13.8 Å². The first-order chi connectivity index (χ1) is 7.93. The molecule has 0 radical (unpaired) electrons. The number of rotatable bonds is 3. The van der Waals surface area contributed by atoms with Gasteiger partial charge in [-0.25, -0.2) is 0 Å². The maximum Gasteiger partial charge on any atom is 0.252 e. The lowest BCUT2D eigenvalue weighted by Gasteiger charge is -2.05. The summed E-state index contributed by atoms with van der Waals surface area (Å²) in [6.45, 7) is 4.00. The van der Waals surface area contributed by atoms with Gasteiger partial charge in [0.25, 0.3) is 5.91 Å². The predicted octanol–water partition coefficient (Wildman–Crippen LogP) is 0.0107. The normalized spacial score (nSPS) is 9.47. The van der Waals surface area contributed by atoms with E-state index < -0.39 is 18.0 Å². The Morgan fingerprint density at radius 2 is 1.76 bits per heavy atom. The fourth-order valence-electron chi connectivity index (χ4n) is 1.04. The number of primary amides is 1. The van der Waals surface area contributed by atoms with Crippen molar-refractivity contribution in [3.63, 3.8) is 0 Å². The Balaban J connectivity index is 0.00000121. The van der Waals surface area contributed by atoms with E-state index in [0.29, 0.717) is 0 Å². The SMILES string of the molecule is CC.NC(=O)c1cc(C(=O)C(O)O)ccc1O. The van der Waals surface area contributed by atoms with E-state index in [0.717, 1.165) is 18.2 Å². The van der Waals surface area contributed by atoms with Gasteiger partial charge < -0.3 is 21.1 Å². The van der Waals surface area contributed by atoms with E-state index in [1.54, 1.807) is 0 Å². The van der Waals surface area contributed by atoms with Crippen LogP contribution < -0.4 is 5.73 Å². The second-order valence-electron chi connectivity index (χ2n) is 2.83. The van der Waals surface area contributed by atoms with Crippen molar-refractivity contribution in [3.05, 3.63) is 29.3 Å². The van der Waals surface area contributed by atoms with Crippen LogP contribution in [0.3, 0.4) is 0 Å². The Kier molecular flexibility index (Phi) is 5.87. The minimum absolute atomic E-state index is 0.114. The van der Waals surface area contributed by atoms with Gasteiger partial charge in [0.1, 0.15) is 5.75 Å². The molecule has 17 heavy (non-hydrogen) atoms. The van der Waals surface area contributed by atoms with Crippen LogP contribution in [0.2, 0.25) is 0 Å². The van der Waals surface area contributed by atoms with Crippen LogP contribution in [0.25, 0.3) is 0 Å². The summed E-state index contributed by atoms with van der Waals surface area (Å²) in [4.78, 5) is 21.9. The molecular formula is C11H15NO5. The fraction of sp³-hybridized carbons (Fsp3) is 0.273. The third-order valence-electron chi connectivity index (χ3n) is 1.78. The average Bonchev–Trinajstić information content (AvgIpc) is 2.31. The highest BCUT2D eigenvalue weighted by Gasteiger charge is 2.17. The summed E-state index contributed by atoms with van der Waals surface area (Å²) in [6, 6.07) is 3.23. The molecular weight excluding hydrogens is 226 g/mol. The van der Waals surface area contributed by atoms with Crippen molar-refractivity contribution in [2.75, 3.05) is 0 Å². The van der Waals surface area contributed by atoms with Gasteiger partial charge in [-0.15, -0.1) is 0 Å². The van der Waals surface area contributed by atoms with Crippen LogP contribution in [-0.2, 0) is 0 Å². The van der Waals surface area contributed by atoms with Crippen molar-refractivity contribution in [1.82, 2.24) is 0 Å². The number of amides is 1. The zero-order chi connectivity index (χ0) is 13.6. The number of aliphatic hydroxyl groups is 2. The number of carbonyl (C=O) groups excluding carboxylic acids is 2. The molecule has 0 aliphatic carbocycles. The lowest BCUT2D eigenvalue weighted by Crippen LogP contribution is -2.20. The summed E-state index contributed by atoms with van der Waals surface area (Å²) < 4.78 is 0. The molecule has 0 atom stereocenters. The Hall–Kier alpha value is -1.92. The highest BCUT2D eigenvalue weighted by molar-refractivity contribution is 6.02. The number of benzene rings is 1. The lowest BCUT2D eigenvalue weighted by atomic mass is 10.1. The largest absolute Gasteiger partial charge is 0.507 e. The van der Waals surface area contributed by atoms with Crippen molar-refractivity contribution >= 4 is 11.7 Å².